The maximum absolute atomic E-state index is 10.0. The molecule has 0 saturated carbocycles. The van der Waals surface area contributed by atoms with E-state index in [4.69, 9.17) is 10.5 Å². The number of nitrogens with two attached hydrogens (primary N) is 1. The van der Waals surface area contributed by atoms with Crippen molar-refractivity contribution in [1.29, 1.82) is 0 Å². The first-order valence-electron chi connectivity index (χ1n) is 6.61. The van der Waals surface area contributed by atoms with Gasteiger partial charge in [0.2, 0.25) is 0 Å². The van der Waals surface area contributed by atoms with Crippen molar-refractivity contribution < 1.29 is 9.84 Å². The van der Waals surface area contributed by atoms with Crippen molar-refractivity contribution in [3.63, 3.8) is 0 Å². The van der Waals surface area contributed by atoms with Crippen LogP contribution in [0.25, 0.3) is 0 Å². The molecular weight excluding hydrogens is 352 g/mol. The summed E-state index contributed by atoms with van der Waals surface area (Å²) in [6, 6.07) is 9.31. The van der Waals surface area contributed by atoms with Gasteiger partial charge in [-0.25, -0.2) is 0 Å². The quantitative estimate of drug-likeness (QED) is 0.735. The van der Waals surface area contributed by atoms with Gasteiger partial charge in [0.15, 0.2) is 0 Å². The molecule has 21 heavy (non-hydrogen) atoms. The number of thiophene rings is 1. The SMILES string of the molecule is CN(Cc1csc(Br)c1)CC(O)COc1cccc(N)c1. The van der Waals surface area contributed by atoms with E-state index in [-0.39, 0.29) is 6.61 Å². The first-order valence-corrected chi connectivity index (χ1v) is 8.28. The molecule has 0 radical (unpaired) electrons. The van der Waals surface area contributed by atoms with Crippen LogP contribution in [-0.4, -0.2) is 36.3 Å². The molecule has 4 nitrogen and oxygen atoms in total. The third-order valence-electron chi connectivity index (χ3n) is 2.90. The molecule has 0 aliphatic rings. The van der Waals surface area contributed by atoms with Crippen LogP contribution in [0.1, 0.15) is 5.56 Å². The molecular formula is C15H19BrN2O2S. The van der Waals surface area contributed by atoms with Crippen LogP contribution >= 0.6 is 27.3 Å². The summed E-state index contributed by atoms with van der Waals surface area (Å²) in [6.45, 7) is 1.61. The second-order valence-electron chi connectivity index (χ2n) is 4.99. The van der Waals surface area contributed by atoms with E-state index in [0.717, 1.165) is 10.3 Å². The van der Waals surface area contributed by atoms with Gasteiger partial charge in [0.25, 0.3) is 0 Å². The maximum atomic E-state index is 10.0. The topological polar surface area (TPSA) is 58.7 Å². The van der Waals surface area contributed by atoms with Crippen LogP contribution in [0.3, 0.4) is 0 Å². The monoisotopic (exact) mass is 370 g/mol. The number of aliphatic hydroxyl groups is 1. The molecule has 1 atom stereocenters. The third kappa shape index (κ3) is 5.67. The third-order valence-corrected chi connectivity index (χ3v) is 4.45. The Hall–Kier alpha value is -1.08. The standard InChI is InChI=1S/C15H19BrN2O2S/c1-18(7-11-5-15(16)21-10-11)8-13(19)9-20-14-4-2-3-12(17)6-14/h2-6,10,13,19H,7-9,17H2,1H3. The normalized spacial score (nSPS) is 12.6. The van der Waals surface area contributed by atoms with Gasteiger partial charge in [0.1, 0.15) is 18.5 Å². The molecule has 0 fully saturated rings. The Balaban J connectivity index is 1.74. The summed E-state index contributed by atoms with van der Waals surface area (Å²) in [5.41, 5.74) is 7.57. The first kappa shape index (κ1) is 16.3. The molecule has 114 valence electrons. The van der Waals surface area contributed by atoms with Gasteiger partial charge in [-0.3, -0.25) is 4.90 Å². The summed E-state index contributed by atoms with van der Waals surface area (Å²) in [6.07, 6.45) is -0.543. The Labute approximate surface area is 137 Å². The van der Waals surface area contributed by atoms with Crippen LogP contribution in [0.15, 0.2) is 39.5 Å². The summed E-state index contributed by atoms with van der Waals surface area (Å²) in [5, 5.41) is 12.1. The van der Waals surface area contributed by atoms with E-state index >= 15 is 0 Å². The highest BCUT2D eigenvalue weighted by Crippen LogP contribution is 2.21. The number of hydrogen-bond acceptors (Lipinski definition) is 5. The lowest BCUT2D eigenvalue weighted by molar-refractivity contribution is 0.0744. The lowest BCUT2D eigenvalue weighted by Gasteiger charge is -2.20. The predicted molar refractivity (Wildman–Crippen MR) is 90.7 cm³/mol. The molecule has 2 aromatic rings. The van der Waals surface area contributed by atoms with E-state index in [1.807, 2.05) is 19.2 Å². The number of nitrogen functional groups attached to an aromatic ring is 1. The van der Waals surface area contributed by atoms with Crippen molar-refractivity contribution in [3.8, 4) is 5.75 Å². The van der Waals surface area contributed by atoms with Crippen LogP contribution < -0.4 is 10.5 Å². The first-order chi connectivity index (χ1) is 10.0. The van der Waals surface area contributed by atoms with Crippen molar-refractivity contribution in [3.05, 3.63) is 45.1 Å². The molecule has 1 heterocycles. The largest absolute Gasteiger partial charge is 0.491 e. The van der Waals surface area contributed by atoms with Crippen LogP contribution in [0.5, 0.6) is 5.75 Å². The second kappa shape index (κ2) is 7.79. The fourth-order valence-corrected chi connectivity index (χ4v) is 3.21. The minimum atomic E-state index is -0.543. The fourth-order valence-electron chi connectivity index (χ4n) is 2.01. The van der Waals surface area contributed by atoms with Crippen LogP contribution in [0.4, 0.5) is 5.69 Å². The number of benzene rings is 1. The minimum absolute atomic E-state index is 0.251. The highest BCUT2D eigenvalue weighted by atomic mass is 79.9. The molecule has 1 aromatic carbocycles. The number of ether oxygens (including phenoxy) is 1. The zero-order valence-corrected chi connectivity index (χ0v) is 14.2. The molecule has 0 spiro atoms. The van der Waals surface area contributed by atoms with Crippen molar-refractivity contribution >= 4 is 33.0 Å². The average Bonchev–Trinajstić information content (AvgIpc) is 2.81. The van der Waals surface area contributed by atoms with Gasteiger partial charge in [0.05, 0.1) is 3.79 Å². The summed E-state index contributed by atoms with van der Waals surface area (Å²) >= 11 is 5.11. The maximum Gasteiger partial charge on any atom is 0.121 e. The molecule has 6 heteroatoms. The molecule has 1 aromatic heterocycles. The van der Waals surface area contributed by atoms with Gasteiger partial charge in [-0.05, 0) is 52.1 Å². The zero-order valence-electron chi connectivity index (χ0n) is 11.8. The second-order valence-corrected chi connectivity index (χ2v) is 7.28. The van der Waals surface area contributed by atoms with E-state index in [9.17, 15) is 5.11 Å². The lowest BCUT2D eigenvalue weighted by atomic mass is 10.3. The Morgan fingerprint density at radius 1 is 1.43 bits per heavy atom. The van der Waals surface area contributed by atoms with Crippen molar-refractivity contribution in [2.24, 2.45) is 0 Å². The summed E-state index contributed by atoms with van der Waals surface area (Å²) in [5.74, 6) is 0.679. The lowest BCUT2D eigenvalue weighted by Crippen LogP contribution is -2.32. The minimum Gasteiger partial charge on any atom is -0.491 e. The van der Waals surface area contributed by atoms with E-state index in [1.165, 1.54) is 5.56 Å². The number of rotatable bonds is 7. The number of nitrogens with zero attached hydrogens (tertiary/aromatic N) is 1. The van der Waals surface area contributed by atoms with Gasteiger partial charge in [-0.15, -0.1) is 11.3 Å². The molecule has 1 unspecified atom stereocenters. The van der Waals surface area contributed by atoms with Crippen LogP contribution in [-0.2, 0) is 6.54 Å². The molecule has 0 bridgehead atoms. The molecule has 3 N–H and O–H groups in total. The van der Waals surface area contributed by atoms with Gasteiger partial charge in [-0.1, -0.05) is 6.07 Å². The van der Waals surface area contributed by atoms with Crippen molar-refractivity contribution in [2.45, 2.75) is 12.6 Å². The fraction of sp³-hybridized carbons (Fsp3) is 0.333. The Bertz CT molecular complexity index is 576. The van der Waals surface area contributed by atoms with E-state index < -0.39 is 6.10 Å². The van der Waals surface area contributed by atoms with Gasteiger partial charge in [-0.2, -0.15) is 0 Å². The number of halogens is 1. The van der Waals surface area contributed by atoms with E-state index in [2.05, 4.69) is 32.3 Å². The van der Waals surface area contributed by atoms with Gasteiger partial charge < -0.3 is 15.6 Å². The van der Waals surface area contributed by atoms with E-state index in [0.29, 0.717) is 18.0 Å². The number of hydrogen-bond donors (Lipinski definition) is 2. The Morgan fingerprint density at radius 3 is 2.90 bits per heavy atom. The van der Waals surface area contributed by atoms with Crippen molar-refractivity contribution in [1.82, 2.24) is 4.90 Å². The predicted octanol–water partition coefficient (Wildman–Crippen LogP) is 2.96. The van der Waals surface area contributed by atoms with E-state index in [1.54, 1.807) is 23.5 Å². The molecule has 0 amide bonds. The summed E-state index contributed by atoms with van der Waals surface area (Å²) < 4.78 is 6.66. The Morgan fingerprint density at radius 2 is 2.24 bits per heavy atom. The number of likely N-dealkylation sites (N-methyl/N-ethyl adjacent to an activating group) is 1. The number of aliphatic hydroxyl groups excluding tert-OH is 1. The summed E-state index contributed by atoms with van der Waals surface area (Å²) in [7, 11) is 1.98. The summed E-state index contributed by atoms with van der Waals surface area (Å²) in [4.78, 5) is 2.07. The average molecular weight is 371 g/mol. The highest BCUT2D eigenvalue weighted by molar-refractivity contribution is 9.11. The van der Waals surface area contributed by atoms with Crippen LogP contribution in [0, 0.1) is 0 Å². The van der Waals surface area contributed by atoms with Crippen LogP contribution in [0.2, 0.25) is 0 Å². The molecule has 0 aliphatic heterocycles. The highest BCUT2D eigenvalue weighted by Gasteiger charge is 2.10. The van der Waals surface area contributed by atoms with Crippen molar-refractivity contribution in [2.75, 3.05) is 25.9 Å². The smallest absolute Gasteiger partial charge is 0.121 e. The van der Waals surface area contributed by atoms with Gasteiger partial charge >= 0.3 is 0 Å². The molecule has 0 aliphatic carbocycles. The zero-order chi connectivity index (χ0) is 15.2. The Kier molecular flexibility index (Phi) is 6.05. The molecule has 0 saturated heterocycles. The number of anilines is 1. The molecule has 2 rings (SSSR count). The van der Waals surface area contributed by atoms with Gasteiger partial charge in [0, 0.05) is 24.8 Å².